The van der Waals surface area contributed by atoms with Crippen LogP contribution in [0.2, 0.25) is 0 Å². The van der Waals surface area contributed by atoms with Crippen molar-refractivity contribution in [1.82, 2.24) is 20.1 Å². The quantitative estimate of drug-likeness (QED) is 0.631. The van der Waals surface area contributed by atoms with Gasteiger partial charge in [-0.2, -0.15) is 15.0 Å². The zero-order chi connectivity index (χ0) is 19.4. The van der Waals surface area contributed by atoms with Crippen LogP contribution in [-0.4, -0.2) is 26.1 Å². The summed E-state index contributed by atoms with van der Waals surface area (Å²) in [7, 11) is 0. The molecule has 3 N–H and O–H groups in total. The summed E-state index contributed by atoms with van der Waals surface area (Å²) in [5.74, 6) is 0.409. The summed E-state index contributed by atoms with van der Waals surface area (Å²) in [5.41, 5.74) is 8.51. The largest absolute Gasteiger partial charge is 0.454 e. The fourth-order valence-electron chi connectivity index (χ4n) is 2.52. The van der Waals surface area contributed by atoms with Crippen molar-refractivity contribution in [2.24, 2.45) is 0 Å². The van der Waals surface area contributed by atoms with E-state index < -0.39 is 5.97 Å². The van der Waals surface area contributed by atoms with Crippen LogP contribution < -0.4 is 11.1 Å². The van der Waals surface area contributed by atoms with Gasteiger partial charge >= 0.3 is 5.97 Å². The zero-order valence-corrected chi connectivity index (χ0v) is 15.3. The Labute approximate surface area is 156 Å². The van der Waals surface area contributed by atoms with Crippen LogP contribution in [0, 0.1) is 13.8 Å². The minimum atomic E-state index is -0.544. The maximum Gasteiger partial charge on any atom is 0.344 e. The van der Waals surface area contributed by atoms with Crippen molar-refractivity contribution < 1.29 is 14.1 Å². The van der Waals surface area contributed by atoms with Crippen molar-refractivity contribution in [3.05, 3.63) is 52.7 Å². The SMILES string of the molecule is CCc1noc(C)c1C(=O)OCc1nc(N)nc(Nc2ccccc2C)n1. The number of nitrogen functional groups attached to an aromatic ring is 1. The topological polar surface area (TPSA) is 129 Å². The molecular formula is C18H20N6O3. The highest BCUT2D eigenvalue weighted by molar-refractivity contribution is 5.91. The summed E-state index contributed by atoms with van der Waals surface area (Å²) in [5, 5.41) is 6.93. The molecule has 3 rings (SSSR count). The highest BCUT2D eigenvalue weighted by Crippen LogP contribution is 2.19. The number of rotatable bonds is 6. The highest BCUT2D eigenvalue weighted by Gasteiger charge is 2.21. The molecule has 2 aromatic heterocycles. The molecule has 0 saturated heterocycles. The predicted octanol–water partition coefficient (Wildman–Crippen LogP) is 2.72. The standard InChI is InChI=1S/C18H20N6O3/c1-4-12-15(11(3)27-24-12)16(25)26-9-14-21-17(19)23-18(22-14)20-13-8-6-5-7-10(13)2/h5-8H,4,9H2,1-3H3,(H3,19,20,21,22,23). The Morgan fingerprint density at radius 1 is 1.22 bits per heavy atom. The maximum atomic E-state index is 12.3. The van der Waals surface area contributed by atoms with Gasteiger partial charge < -0.3 is 20.3 Å². The number of nitrogens with one attached hydrogen (secondary N) is 1. The lowest BCUT2D eigenvalue weighted by Crippen LogP contribution is -2.12. The second-order valence-electron chi connectivity index (χ2n) is 5.86. The van der Waals surface area contributed by atoms with Gasteiger partial charge in [0.1, 0.15) is 11.3 Å². The Balaban J connectivity index is 1.74. The molecule has 0 spiro atoms. The second kappa shape index (κ2) is 7.81. The molecule has 2 heterocycles. The lowest BCUT2D eigenvalue weighted by molar-refractivity contribution is 0.0459. The lowest BCUT2D eigenvalue weighted by atomic mass is 10.1. The average Bonchev–Trinajstić information content (AvgIpc) is 3.02. The molecule has 0 amide bonds. The van der Waals surface area contributed by atoms with E-state index in [0.29, 0.717) is 23.4 Å². The number of aromatic nitrogens is 4. The number of hydrogen-bond acceptors (Lipinski definition) is 9. The number of para-hydroxylation sites is 1. The van der Waals surface area contributed by atoms with E-state index in [-0.39, 0.29) is 24.3 Å². The van der Waals surface area contributed by atoms with E-state index in [1.807, 2.05) is 38.1 Å². The Kier molecular flexibility index (Phi) is 5.30. The van der Waals surface area contributed by atoms with Crippen LogP contribution in [0.5, 0.6) is 0 Å². The molecule has 0 aliphatic carbocycles. The number of benzene rings is 1. The third-order valence-corrected chi connectivity index (χ3v) is 3.90. The third-order valence-electron chi connectivity index (χ3n) is 3.90. The van der Waals surface area contributed by atoms with Gasteiger partial charge in [0, 0.05) is 5.69 Å². The summed E-state index contributed by atoms with van der Waals surface area (Å²) in [6.45, 7) is 5.35. The maximum absolute atomic E-state index is 12.3. The van der Waals surface area contributed by atoms with Crippen molar-refractivity contribution in [3.63, 3.8) is 0 Å². The number of anilines is 3. The van der Waals surface area contributed by atoms with Crippen molar-refractivity contribution in [3.8, 4) is 0 Å². The van der Waals surface area contributed by atoms with Gasteiger partial charge in [0.2, 0.25) is 11.9 Å². The Morgan fingerprint density at radius 3 is 2.74 bits per heavy atom. The van der Waals surface area contributed by atoms with E-state index in [4.69, 9.17) is 15.0 Å². The smallest absolute Gasteiger partial charge is 0.344 e. The summed E-state index contributed by atoms with van der Waals surface area (Å²) < 4.78 is 10.4. The minimum absolute atomic E-state index is 0.0301. The molecule has 0 aliphatic rings. The average molecular weight is 368 g/mol. The van der Waals surface area contributed by atoms with E-state index in [1.165, 1.54) is 0 Å². The first kappa shape index (κ1) is 18.3. The normalized spacial score (nSPS) is 10.6. The molecule has 3 aromatic rings. The molecule has 140 valence electrons. The summed E-state index contributed by atoms with van der Waals surface area (Å²) in [4.78, 5) is 24.7. The van der Waals surface area contributed by atoms with E-state index in [2.05, 4.69) is 25.4 Å². The van der Waals surface area contributed by atoms with E-state index >= 15 is 0 Å². The van der Waals surface area contributed by atoms with E-state index in [0.717, 1.165) is 11.3 Å². The Morgan fingerprint density at radius 2 is 2.00 bits per heavy atom. The number of nitrogens with two attached hydrogens (primary N) is 1. The van der Waals surface area contributed by atoms with Crippen molar-refractivity contribution in [2.45, 2.75) is 33.8 Å². The molecule has 0 saturated carbocycles. The number of hydrogen-bond donors (Lipinski definition) is 2. The molecular weight excluding hydrogens is 348 g/mol. The number of carbonyl (C=O) groups excluding carboxylic acids is 1. The van der Waals surface area contributed by atoms with E-state index in [1.54, 1.807) is 6.92 Å². The molecule has 0 bridgehead atoms. The highest BCUT2D eigenvalue weighted by atomic mass is 16.5. The van der Waals surface area contributed by atoms with Crippen molar-refractivity contribution >= 4 is 23.6 Å². The zero-order valence-electron chi connectivity index (χ0n) is 15.3. The van der Waals surface area contributed by atoms with Gasteiger partial charge in [-0.25, -0.2) is 4.79 Å². The monoisotopic (exact) mass is 368 g/mol. The molecule has 27 heavy (non-hydrogen) atoms. The van der Waals surface area contributed by atoms with Gasteiger partial charge in [0.05, 0.1) is 5.69 Å². The fourth-order valence-corrected chi connectivity index (χ4v) is 2.52. The van der Waals surface area contributed by atoms with Gasteiger partial charge in [0.15, 0.2) is 12.4 Å². The molecule has 0 unspecified atom stereocenters. The first-order valence-corrected chi connectivity index (χ1v) is 8.43. The van der Waals surface area contributed by atoms with Gasteiger partial charge in [-0.3, -0.25) is 0 Å². The van der Waals surface area contributed by atoms with Gasteiger partial charge in [-0.15, -0.1) is 0 Å². The van der Waals surface area contributed by atoms with Gasteiger partial charge in [-0.1, -0.05) is 30.3 Å². The van der Waals surface area contributed by atoms with Crippen LogP contribution in [0.25, 0.3) is 0 Å². The predicted molar refractivity (Wildman–Crippen MR) is 98.4 cm³/mol. The number of ether oxygens (including phenoxy) is 1. The van der Waals surface area contributed by atoms with Crippen LogP contribution in [0.15, 0.2) is 28.8 Å². The first-order chi connectivity index (χ1) is 13.0. The third kappa shape index (κ3) is 4.20. The van der Waals surface area contributed by atoms with Gasteiger partial charge in [0.25, 0.3) is 0 Å². The molecule has 0 fully saturated rings. The molecule has 1 aromatic carbocycles. The molecule has 0 aliphatic heterocycles. The van der Waals surface area contributed by atoms with Crippen LogP contribution in [0.1, 0.15) is 40.1 Å². The van der Waals surface area contributed by atoms with Crippen LogP contribution in [-0.2, 0) is 17.8 Å². The van der Waals surface area contributed by atoms with Crippen LogP contribution in [0.3, 0.4) is 0 Å². The number of esters is 1. The number of carbonyl (C=O) groups is 1. The molecule has 0 atom stereocenters. The number of nitrogens with zero attached hydrogens (tertiary/aromatic N) is 4. The van der Waals surface area contributed by atoms with Crippen molar-refractivity contribution in [2.75, 3.05) is 11.1 Å². The van der Waals surface area contributed by atoms with Crippen LogP contribution in [0.4, 0.5) is 17.6 Å². The first-order valence-electron chi connectivity index (χ1n) is 8.43. The molecule has 9 heteroatoms. The lowest BCUT2D eigenvalue weighted by Gasteiger charge is -2.09. The van der Waals surface area contributed by atoms with E-state index in [9.17, 15) is 4.79 Å². The van der Waals surface area contributed by atoms with Gasteiger partial charge in [-0.05, 0) is 31.9 Å². The minimum Gasteiger partial charge on any atom is -0.454 e. The molecule has 9 nitrogen and oxygen atoms in total. The number of aryl methyl sites for hydroxylation is 3. The summed E-state index contributed by atoms with van der Waals surface area (Å²) in [6.07, 6.45) is 0.560. The molecule has 0 radical (unpaired) electrons. The van der Waals surface area contributed by atoms with Crippen LogP contribution >= 0.6 is 0 Å². The second-order valence-corrected chi connectivity index (χ2v) is 5.86. The Hall–Kier alpha value is -3.49. The Bertz CT molecular complexity index is 969. The summed E-state index contributed by atoms with van der Waals surface area (Å²) in [6, 6.07) is 7.69. The summed E-state index contributed by atoms with van der Waals surface area (Å²) >= 11 is 0. The van der Waals surface area contributed by atoms with Crippen molar-refractivity contribution in [1.29, 1.82) is 0 Å². The fraction of sp³-hybridized carbons (Fsp3) is 0.278.